The number of carbonyl (C=O) groups is 2. The lowest BCUT2D eigenvalue weighted by Crippen LogP contribution is -2.25. The number of ketones is 1. The molecule has 0 aromatic heterocycles. The summed E-state index contributed by atoms with van der Waals surface area (Å²) in [5.74, 6) is -1.69. The number of hydrogen-bond acceptors (Lipinski definition) is 2. The lowest BCUT2D eigenvalue weighted by atomic mass is 9.86. The summed E-state index contributed by atoms with van der Waals surface area (Å²) in [6, 6.07) is 5.70. The zero-order chi connectivity index (χ0) is 13.3. The molecule has 3 heteroatoms. The third kappa shape index (κ3) is 2.30. The van der Waals surface area contributed by atoms with E-state index in [1.54, 1.807) is 0 Å². The summed E-state index contributed by atoms with van der Waals surface area (Å²) in [4.78, 5) is 23.6. The first-order valence-corrected chi connectivity index (χ1v) is 6.35. The largest absolute Gasteiger partial charge is 0.481 e. The van der Waals surface area contributed by atoms with Crippen LogP contribution in [0.15, 0.2) is 18.2 Å². The van der Waals surface area contributed by atoms with Crippen molar-refractivity contribution in [1.29, 1.82) is 0 Å². The number of Topliss-reactive ketones (excluding diaryl/α,β-unsaturated/α-hetero) is 1. The average Bonchev–Trinajstić information content (AvgIpc) is 2.77. The van der Waals surface area contributed by atoms with E-state index in [0.29, 0.717) is 18.4 Å². The summed E-state index contributed by atoms with van der Waals surface area (Å²) in [5.41, 5.74) is 2.74. The molecule has 0 spiro atoms. The van der Waals surface area contributed by atoms with Crippen LogP contribution in [0.25, 0.3) is 0 Å². The second-order valence-electron chi connectivity index (χ2n) is 5.16. The summed E-state index contributed by atoms with van der Waals surface area (Å²) in [6.45, 7) is 3.89. The molecule has 0 radical (unpaired) electrons. The van der Waals surface area contributed by atoms with Crippen molar-refractivity contribution in [3.05, 3.63) is 34.9 Å². The monoisotopic (exact) mass is 246 g/mol. The molecule has 1 aliphatic rings. The lowest BCUT2D eigenvalue weighted by Gasteiger charge is -2.16. The van der Waals surface area contributed by atoms with E-state index in [4.69, 9.17) is 5.11 Å². The number of carboxylic acid groups (broad SMARTS) is 1. The van der Waals surface area contributed by atoms with Gasteiger partial charge in [-0.2, -0.15) is 0 Å². The van der Waals surface area contributed by atoms with Gasteiger partial charge >= 0.3 is 5.97 Å². The van der Waals surface area contributed by atoms with Crippen LogP contribution < -0.4 is 0 Å². The third-order valence-corrected chi connectivity index (χ3v) is 3.82. The highest BCUT2D eigenvalue weighted by molar-refractivity contribution is 6.01. The van der Waals surface area contributed by atoms with Gasteiger partial charge in [0.15, 0.2) is 5.78 Å². The van der Waals surface area contributed by atoms with Crippen LogP contribution >= 0.6 is 0 Å². The predicted octanol–water partition coefficient (Wildman–Crippen LogP) is 2.99. The SMILES string of the molecule is Cc1ccc(C(=O)[C@@H]2CCC[C@H]2C(=O)O)c(C)c1. The molecule has 96 valence electrons. The smallest absolute Gasteiger partial charge is 0.307 e. The van der Waals surface area contributed by atoms with Gasteiger partial charge in [-0.1, -0.05) is 30.2 Å². The van der Waals surface area contributed by atoms with Crippen molar-refractivity contribution in [2.75, 3.05) is 0 Å². The Hall–Kier alpha value is -1.64. The summed E-state index contributed by atoms with van der Waals surface area (Å²) in [7, 11) is 0. The molecule has 1 aliphatic carbocycles. The molecular formula is C15H18O3. The summed E-state index contributed by atoms with van der Waals surface area (Å²) in [6.07, 6.45) is 2.15. The third-order valence-electron chi connectivity index (χ3n) is 3.82. The minimum absolute atomic E-state index is 0.00241. The molecule has 0 saturated heterocycles. The van der Waals surface area contributed by atoms with E-state index in [1.165, 1.54) is 0 Å². The van der Waals surface area contributed by atoms with Gasteiger partial charge in [0.1, 0.15) is 0 Å². The maximum Gasteiger partial charge on any atom is 0.307 e. The quantitative estimate of drug-likeness (QED) is 0.834. The van der Waals surface area contributed by atoms with Crippen molar-refractivity contribution in [2.45, 2.75) is 33.1 Å². The van der Waals surface area contributed by atoms with E-state index < -0.39 is 11.9 Å². The Labute approximate surface area is 107 Å². The van der Waals surface area contributed by atoms with Gasteiger partial charge in [-0.05, 0) is 32.3 Å². The van der Waals surface area contributed by atoms with Crippen LogP contribution in [0.1, 0.15) is 40.7 Å². The van der Waals surface area contributed by atoms with Gasteiger partial charge in [0.05, 0.1) is 5.92 Å². The Morgan fingerprint density at radius 2 is 1.83 bits per heavy atom. The molecule has 0 aliphatic heterocycles. The number of hydrogen-bond donors (Lipinski definition) is 1. The van der Waals surface area contributed by atoms with Crippen LogP contribution in [0.4, 0.5) is 0 Å². The predicted molar refractivity (Wildman–Crippen MR) is 68.7 cm³/mol. The molecule has 1 aromatic carbocycles. The van der Waals surface area contributed by atoms with Crippen LogP contribution in [-0.4, -0.2) is 16.9 Å². The van der Waals surface area contributed by atoms with Crippen LogP contribution in [0, 0.1) is 25.7 Å². The summed E-state index contributed by atoms with van der Waals surface area (Å²) in [5, 5.41) is 9.14. The number of rotatable bonds is 3. The zero-order valence-corrected chi connectivity index (χ0v) is 10.8. The number of carboxylic acids is 1. The Bertz CT molecular complexity index is 491. The van der Waals surface area contributed by atoms with Gasteiger partial charge in [0.2, 0.25) is 0 Å². The van der Waals surface area contributed by atoms with Gasteiger partial charge in [0.25, 0.3) is 0 Å². The Morgan fingerprint density at radius 3 is 2.44 bits per heavy atom. The van der Waals surface area contributed by atoms with Gasteiger partial charge < -0.3 is 5.11 Å². The number of aryl methyl sites for hydroxylation is 2. The zero-order valence-electron chi connectivity index (χ0n) is 10.8. The van der Waals surface area contributed by atoms with E-state index in [1.807, 2.05) is 32.0 Å². The van der Waals surface area contributed by atoms with Gasteiger partial charge in [-0.15, -0.1) is 0 Å². The number of carbonyl (C=O) groups excluding carboxylic acids is 1. The van der Waals surface area contributed by atoms with Crippen LogP contribution in [0.2, 0.25) is 0 Å². The van der Waals surface area contributed by atoms with Crippen molar-refractivity contribution in [1.82, 2.24) is 0 Å². The normalized spacial score (nSPS) is 23.0. The molecule has 2 atom stereocenters. The van der Waals surface area contributed by atoms with Gasteiger partial charge in [-0.25, -0.2) is 0 Å². The fourth-order valence-corrected chi connectivity index (χ4v) is 2.86. The van der Waals surface area contributed by atoms with Crippen molar-refractivity contribution in [2.24, 2.45) is 11.8 Å². The standard InChI is InChI=1S/C15H18O3/c1-9-6-7-11(10(2)8-9)14(16)12-4-3-5-13(12)15(17)18/h6-8,12-13H,3-5H2,1-2H3,(H,17,18)/t12-,13-/m1/s1. The van der Waals surface area contributed by atoms with E-state index in [2.05, 4.69) is 0 Å². The lowest BCUT2D eigenvalue weighted by molar-refractivity contribution is -0.142. The molecule has 1 N–H and O–H groups in total. The van der Waals surface area contributed by atoms with Crippen molar-refractivity contribution >= 4 is 11.8 Å². The van der Waals surface area contributed by atoms with Crippen molar-refractivity contribution < 1.29 is 14.7 Å². The number of aliphatic carboxylic acids is 1. The second kappa shape index (κ2) is 4.92. The first-order chi connectivity index (χ1) is 8.50. The minimum Gasteiger partial charge on any atom is -0.481 e. The van der Waals surface area contributed by atoms with Gasteiger partial charge in [-0.3, -0.25) is 9.59 Å². The van der Waals surface area contributed by atoms with E-state index in [0.717, 1.165) is 17.5 Å². The molecule has 0 unspecified atom stereocenters. The van der Waals surface area contributed by atoms with Crippen LogP contribution in [-0.2, 0) is 4.79 Å². The molecule has 3 nitrogen and oxygen atoms in total. The molecule has 1 fully saturated rings. The molecule has 0 bridgehead atoms. The summed E-state index contributed by atoms with van der Waals surface area (Å²) >= 11 is 0. The molecule has 1 aromatic rings. The maximum atomic E-state index is 12.4. The topological polar surface area (TPSA) is 54.4 Å². The first kappa shape index (κ1) is 12.8. The Kier molecular flexibility index (Phi) is 3.50. The molecule has 0 heterocycles. The van der Waals surface area contributed by atoms with E-state index in [9.17, 15) is 9.59 Å². The highest BCUT2D eigenvalue weighted by Crippen LogP contribution is 2.35. The summed E-state index contributed by atoms with van der Waals surface area (Å²) < 4.78 is 0. The molecule has 1 saturated carbocycles. The highest BCUT2D eigenvalue weighted by atomic mass is 16.4. The highest BCUT2D eigenvalue weighted by Gasteiger charge is 2.38. The average molecular weight is 246 g/mol. The van der Waals surface area contributed by atoms with E-state index >= 15 is 0 Å². The molecule has 2 rings (SSSR count). The van der Waals surface area contributed by atoms with Crippen molar-refractivity contribution in [3.8, 4) is 0 Å². The second-order valence-corrected chi connectivity index (χ2v) is 5.16. The van der Waals surface area contributed by atoms with Crippen LogP contribution in [0.5, 0.6) is 0 Å². The Morgan fingerprint density at radius 1 is 1.17 bits per heavy atom. The molecule has 18 heavy (non-hydrogen) atoms. The van der Waals surface area contributed by atoms with Gasteiger partial charge in [0, 0.05) is 11.5 Å². The van der Waals surface area contributed by atoms with Crippen LogP contribution in [0.3, 0.4) is 0 Å². The first-order valence-electron chi connectivity index (χ1n) is 6.35. The molecule has 0 amide bonds. The Balaban J connectivity index is 2.28. The number of benzene rings is 1. The van der Waals surface area contributed by atoms with E-state index in [-0.39, 0.29) is 11.7 Å². The fraction of sp³-hybridized carbons (Fsp3) is 0.467. The minimum atomic E-state index is -0.837. The fourth-order valence-electron chi connectivity index (χ4n) is 2.86. The van der Waals surface area contributed by atoms with Crippen molar-refractivity contribution in [3.63, 3.8) is 0 Å². The maximum absolute atomic E-state index is 12.4. The molecular weight excluding hydrogens is 228 g/mol.